The van der Waals surface area contributed by atoms with Crippen LogP contribution in [0.5, 0.6) is 0 Å². The molecule has 0 unspecified atom stereocenters. The van der Waals surface area contributed by atoms with Gasteiger partial charge in [0.15, 0.2) is 5.76 Å². The monoisotopic (exact) mass is 373 g/mol. The number of hydrogen-bond donors (Lipinski definition) is 1. The first-order valence-corrected chi connectivity index (χ1v) is 10.1. The van der Waals surface area contributed by atoms with Crippen molar-refractivity contribution in [2.45, 2.75) is 38.0 Å². The maximum atomic E-state index is 12.5. The number of amides is 2. The van der Waals surface area contributed by atoms with E-state index in [1.54, 1.807) is 23.5 Å². The number of likely N-dealkylation sites (tertiary alicyclic amines) is 1. The van der Waals surface area contributed by atoms with E-state index in [1.807, 2.05) is 4.90 Å². The summed E-state index contributed by atoms with van der Waals surface area (Å²) >= 11 is 1.66. The van der Waals surface area contributed by atoms with E-state index in [4.69, 9.17) is 9.40 Å². The van der Waals surface area contributed by atoms with Crippen LogP contribution in [0.4, 0.5) is 0 Å². The number of thiazole rings is 1. The number of carbonyl (C=O) groups is 2. The standard InChI is InChI=1S/C19H23N3O3S/c23-17(13-5-6-13)20-8-7-15-12-26-18(21-15)14-3-1-9-22(11-14)19(24)16-4-2-10-25-16/h2,4,10,12-14H,1,3,5-9,11H2,(H,20,23)/t14-/m0/s1. The first kappa shape index (κ1) is 17.3. The molecule has 1 atom stereocenters. The van der Waals surface area contributed by atoms with Crippen molar-refractivity contribution < 1.29 is 14.0 Å². The molecule has 4 rings (SSSR count). The number of piperidine rings is 1. The van der Waals surface area contributed by atoms with Crippen LogP contribution in [0, 0.1) is 5.92 Å². The van der Waals surface area contributed by atoms with Crippen molar-refractivity contribution in [3.8, 4) is 0 Å². The van der Waals surface area contributed by atoms with Crippen LogP contribution < -0.4 is 5.32 Å². The maximum absolute atomic E-state index is 12.5. The lowest BCUT2D eigenvalue weighted by Crippen LogP contribution is -2.38. The molecule has 0 bridgehead atoms. The van der Waals surface area contributed by atoms with Crippen molar-refractivity contribution in [3.63, 3.8) is 0 Å². The van der Waals surface area contributed by atoms with Crippen LogP contribution >= 0.6 is 11.3 Å². The molecule has 1 saturated heterocycles. The second-order valence-electron chi connectivity index (χ2n) is 7.06. The second-order valence-corrected chi connectivity index (χ2v) is 7.95. The molecule has 2 aromatic heterocycles. The molecule has 0 aromatic carbocycles. The summed E-state index contributed by atoms with van der Waals surface area (Å²) in [5, 5.41) is 6.15. The SMILES string of the molecule is O=C(NCCc1csc([C@H]2CCCN(C(=O)c3ccco3)C2)n1)C1CC1. The summed E-state index contributed by atoms with van der Waals surface area (Å²) in [5.41, 5.74) is 1.02. The Morgan fingerprint density at radius 3 is 3.00 bits per heavy atom. The topological polar surface area (TPSA) is 75.4 Å². The molecule has 1 saturated carbocycles. The summed E-state index contributed by atoms with van der Waals surface area (Å²) in [5.74, 6) is 1.07. The Hall–Kier alpha value is -2.15. The van der Waals surface area contributed by atoms with E-state index in [2.05, 4.69) is 10.7 Å². The average Bonchev–Trinajstić information content (AvgIpc) is 3.18. The van der Waals surface area contributed by atoms with Crippen molar-refractivity contribution in [2.24, 2.45) is 5.92 Å². The largest absolute Gasteiger partial charge is 0.459 e. The van der Waals surface area contributed by atoms with E-state index < -0.39 is 0 Å². The zero-order valence-corrected chi connectivity index (χ0v) is 15.5. The van der Waals surface area contributed by atoms with Gasteiger partial charge in [-0.2, -0.15) is 0 Å². The van der Waals surface area contributed by atoms with Gasteiger partial charge in [-0.3, -0.25) is 9.59 Å². The molecule has 2 aromatic rings. The highest BCUT2D eigenvalue weighted by atomic mass is 32.1. The normalized spacial score (nSPS) is 20.2. The summed E-state index contributed by atoms with van der Waals surface area (Å²) in [6.45, 7) is 2.10. The van der Waals surface area contributed by atoms with Crippen molar-refractivity contribution in [3.05, 3.63) is 40.2 Å². The van der Waals surface area contributed by atoms with Gasteiger partial charge < -0.3 is 14.6 Å². The van der Waals surface area contributed by atoms with Crippen molar-refractivity contribution in [2.75, 3.05) is 19.6 Å². The van der Waals surface area contributed by atoms with Crippen LogP contribution in [-0.2, 0) is 11.2 Å². The van der Waals surface area contributed by atoms with Gasteiger partial charge in [-0.15, -0.1) is 11.3 Å². The molecule has 138 valence electrons. The summed E-state index contributed by atoms with van der Waals surface area (Å²) < 4.78 is 5.24. The lowest BCUT2D eigenvalue weighted by molar-refractivity contribution is -0.122. The highest BCUT2D eigenvalue weighted by Crippen LogP contribution is 2.30. The van der Waals surface area contributed by atoms with E-state index in [0.29, 0.717) is 18.8 Å². The Balaban J connectivity index is 1.31. The summed E-state index contributed by atoms with van der Waals surface area (Å²) in [6.07, 6.45) is 6.38. The van der Waals surface area contributed by atoms with Gasteiger partial charge in [0, 0.05) is 43.3 Å². The maximum Gasteiger partial charge on any atom is 0.289 e. The molecule has 1 N–H and O–H groups in total. The molecule has 2 fully saturated rings. The van der Waals surface area contributed by atoms with Crippen molar-refractivity contribution in [1.82, 2.24) is 15.2 Å². The first-order chi connectivity index (χ1) is 12.7. The third-order valence-corrected chi connectivity index (χ3v) is 6.04. The Morgan fingerprint density at radius 2 is 2.23 bits per heavy atom. The van der Waals surface area contributed by atoms with Crippen LogP contribution in [0.1, 0.15) is 52.9 Å². The Kier molecular flexibility index (Phi) is 5.06. The quantitative estimate of drug-likeness (QED) is 0.845. The van der Waals surface area contributed by atoms with E-state index in [0.717, 1.165) is 49.4 Å². The molecule has 0 radical (unpaired) electrons. The van der Waals surface area contributed by atoms with Crippen LogP contribution in [-0.4, -0.2) is 41.3 Å². The van der Waals surface area contributed by atoms with Crippen molar-refractivity contribution >= 4 is 23.2 Å². The Morgan fingerprint density at radius 1 is 1.35 bits per heavy atom. The smallest absolute Gasteiger partial charge is 0.289 e. The predicted octanol–water partition coefficient (Wildman–Crippen LogP) is 2.82. The molecular weight excluding hydrogens is 350 g/mol. The fourth-order valence-corrected chi connectivity index (χ4v) is 4.33. The Bertz CT molecular complexity index is 767. The molecule has 3 heterocycles. The molecule has 2 aliphatic rings. The number of nitrogens with one attached hydrogen (secondary N) is 1. The zero-order chi connectivity index (χ0) is 17.9. The molecule has 2 amide bonds. The van der Waals surface area contributed by atoms with Gasteiger partial charge in [-0.05, 0) is 37.8 Å². The Labute approximate surface area is 156 Å². The number of hydrogen-bond acceptors (Lipinski definition) is 5. The molecule has 1 aliphatic heterocycles. The van der Waals surface area contributed by atoms with Crippen molar-refractivity contribution in [1.29, 1.82) is 0 Å². The van der Waals surface area contributed by atoms with Gasteiger partial charge in [-0.25, -0.2) is 4.98 Å². The number of rotatable bonds is 6. The van der Waals surface area contributed by atoms with Gasteiger partial charge >= 0.3 is 0 Å². The number of nitrogens with zero attached hydrogens (tertiary/aromatic N) is 2. The number of carbonyl (C=O) groups excluding carboxylic acids is 2. The fraction of sp³-hybridized carbons (Fsp3) is 0.526. The second kappa shape index (κ2) is 7.61. The molecule has 26 heavy (non-hydrogen) atoms. The summed E-state index contributed by atoms with van der Waals surface area (Å²) in [7, 11) is 0. The van der Waals surface area contributed by atoms with Crippen LogP contribution in [0.3, 0.4) is 0 Å². The third kappa shape index (κ3) is 3.98. The first-order valence-electron chi connectivity index (χ1n) is 9.25. The molecule has 6 nitrogen and oxygen atoms in total. The minimum atomic E-state index is -0.0423. The fourth-order valence-electron chi connectivity index (χ4n) is 3.35. The average molecular weight is 373 g/mol. The molecular formula is C19H23N3O3S. The highest BCUT2D eigenvalue weighted by molar-refractivity contribution is 7.09. The number of aromatic nitrogens is 1. The van der Waals surface area contributed by atoms with Gasteiger partial charge in [0.1, 0.15) is 0 Å². The van der Waals surface area contributed by atoms with Crippen LogP contribution in [0.25, 0.3) is 0 Å². The summed E-state index contributed by atoms with van der Waals surface area (Å²) in [4.78, 5) is 30.8. The molecule has 7 heteroatoms. The van der Waals surface area contributed by atoms with Crippen LogP contribution in [0.2, 0.25) is 0 Å². The van der Waals surface area contributed by atoms with Gasteiger partial charge in [0.05, 0.1) is 17.0 Å². The van der Waals surface area contributed by atoms with E-state index in [9.17, 15) is 9.59 Å². The predicted molar refractivity (Wildman–Crippen MR) is 98.1 cm³/mol. The van der Waals surface area contributed by atoms with E-state index in [1.165, 1.54) is 6.26 Å². The van der Waals surface area contributed by atoms with Crippen LogP contribution in [0.15, 0.2) is 28.2 Å². The number of furan rings is 1. The summed E-state index contributed by atoms with van der Waals surface area (Å²) in [6, 6.07) is 3.45. The van der Waals surface area contributed by atoms with Gasteiger partial charge in [-0.1, -0.05) is 0 Å². The lowest BCUT2D eigenvalue weighted by Gasteiger charge is -2.31. The van der Waals surface area contributed by atoms with Gasteiger partial charge in [0.2, 0.25) is 5.91 Å². The zero-order valence-electron chi connectivity index (χ0n) is 14.6. The van der Waals surface area contributed by atoms with Gasteiger partial charge in [0.25, 0.3) is 5.91 Å². The lowest BCUT2D eigenvalue weighted by atomic mass is 9.98. The minimum absolute atomic E-state index is 0.0423. The molecule has 0 spiro atoms. The molecule has 1 aliphatic carbocycles. The van der Waals surface area contributed by atoms with E-state index in [-0.39, 0.29) is 23.7 Å². The minimum Gasteiger partial charge on any atom is -0.459 e. The highest BCUT2D eigenvalue weighted by Gasteiger charge is 2.30. The van der Waals surface area contributed by atoms with E-state index >= 15 is 0 Å². The third-order valence-electron chi connectivity index (χ3n) is 4.99.